The van der Waals surface area contributed by atoms with E-state index in [1.807, 2.05) is 18.3 Å². The van der Waals surface area contributed by atoms with E-state index in [1.54, 1.807) is 23.7 Å². The van der Waals surface area contributed by atoms with Gasteiger partial charge in [-0.1, -0.05) is 46.5 Å². The van der Waals surface area contributed by atoms with E-state index in [0.717, 1.165) is 23.4 Å². The molecule has 0 atom stereocenters. The molecule has 1 aliphatic rings. The molecule has 0 unspecified atom stereocenters. The molecular weight excluding hydrogens is 276 g/mol. The maximum Gasteiger partial charge on any atom is 0.299 e. The number of benzene rings is 1. The van der Waals surface area contributed by atoms with Crippen LogP contribution in [0.2, 0.25) is 0 Å². The van der Waals surface area contributed by atoms with Crippen molar-refractivity contribution in [1.82, 2.24) is 9.40 Å². The van der Waals surface area contributed by atoms with Crippen LogP contribution in [0.5, 0.6) is 0 Å². The molecule has 0 bridgehead atoms. The van der Waals surface area contributed by atoms with Gasteiger partial charge in [0.05, 0.1) is 0 Å². The van der Waals surface area contributed by atoms with E-state index in [1.165, 1.54) is 5.56 Å². The summed E-state index contributed by atoms with van der Waals surface area (Å²) in [6.45, 7) is 0.816. The highest BCUT2D eigenvalue weighted by atomic mass is 32.2. The number of aromatic nitrogens is 2. The van der Waals surface area contributed by atoms with Crippen molar-refractivity contribution in [2.45, 2.75) is 17.6 Å². The number of hydrogen-bond acceptors (Lipinski definition) is 5. The van der Waals surface area contributed by atoms with Crippen molar-refractivity contribution in [3.63, 3.8) is 0 Å². The first-order valence-electron chi connectivity index (χ1n) is 6.00. The minimum atomic E-state index is 0.816. The molecule has 0 saturated heterocycles. The average molecular weight is 291 g/mol. The van der Waals surface area contributed by atoms with Crippen LogP contribution in [0.25, 0.3) is 0 Å². The quantitative estimate of drug-likeness (QED) is 0.405. The van der Waals surface area contributed by atoms with Crippen LogP contribution in [0, 0.1) is 0 Å². The Labute approximate surface area is 121 Å². The van der Waals surface area contributed by atoms with Crippen molar-refractivity contribution in [2.24, 2.45) is 0 Å². The second-order valence-electron chi connectivity index (χ2n) is 4.14. The van der Waals surface area contributed by atoms with Gasteiger partial charge in [0, 0.05) is 11.8 Å². The van der Waals surface area contributed by atoms with E-state index in [4.69, 9.17) is 0 Å². The molecular formula is C13H15N4S2+. The predicted molar refractivity (Wildman–Crippen MR) is 79.4 cm³/mol. The number of nitrogens with one attached hydrogen (secondary N) is 1. The number of nitrogens with zero attached hydrogens (tertiary/aromatic N) is 3. The molecule has 1 aromatic carbocycles. The Morgan fingerprint density at radius 3 is 2.95 bits per heavy atom. The van der Waals surface area contributed by atoms with Crippen molar-refractivity contribution < 1.29 is 4.57 Å². The zero-order chi connectivity index (χ0) is 13.1. The Bertz CT molecular complexity index is 562. The zero-order valence-corrected chi connectivity index (χ0v) is 12.2. The van der Waals surface area contributed by atoms with E-state index in [2.05, 4.69) is 49.9 Å². The molecule has 98 valence electrons. The number of hydrazine groups is 1. The molecule has 6 heteroatoms. The third-order valence-corrected chi connectivity index (χ3v) is 4.53. The van der Waals surface area contributed by atoms with E-state index in [-0.39, 0.29) is 0 Å². The highest BCUT2D eigenvalue weighted by molar-refractivity contribution is 7.98. The molecule has 2 heterocycles. The second-order valence-corrected chi connectivity index (χ2v) is 5.90. The smallest absolute Gasteiger partial charge is 0.217 e. The number of fused-ring (bicyclic) bond motifs is 1. The highest BCUT2D eigenvalue weighted by Gasteiger charge is 2.27. The fraction of sp³-hybridized carbons (Fsp3) is 0.231. The highest BCUT2D eigenvalue weighted by Crippen LogP contribution is 2.22. The van der Waals surface area contributed by atoms with Gasteiger partial charge in [-0.15, -0.1) is 4.98 Å². The Hall–Kier alpha value is -1.24. The lowest BCUT2D eigenvalue weighted by Crippen LogP contribution is -2.36. The summed E-state index contributed by atoms with van der Waals surface area (Å²) < 4.78 is 4.33. The second kappa shape index (κ2) is 5.81. The third-order valence-electron chi connectivity index (χ3n) is 2.86. The summed E-state index contributed by atoms with van der Waals surface area (Å²) in [5.74, 6) is 2.06. The van der Waals surface area contributed by atoms with Gasteiger partial charge in [-0.3, -0.25) is 0 Å². The van der Waals surface area contributed by atoms with E-state index >= 15 is 0 Å². The first-order chi connectivity index (χ1) is 9.36. The van der Waals surface area contributed by atoms with Gasteiger partial charge in [-0.25, -0.2) is 9.99 Å². The van der Waals surface area contributed by atoms with Crippen LogP contribution in [0.4, 0.5) is 5.82 Å². The van der Waals surface area contributed by atoms with Gasteiger partial charge in [0.2, 0.25) is 5.82 Å². The Morgan fingerprint density at radius 2 is 2.16 bits per heavy atom. The van der Waals surface area contributed by atoms with Crippen LogP contribution in [0.1, 0.15) is 5.56 Å². The molecule has 1 N–H and O–H groups in total. The van der Waals surface area contributed by atoms with Crippen molar-refractivity contribution in [3.05, 3.63) is 48.2 Å². The predicted octanol–water partition coefficient (Wildman–Crippen LogP) is 2.54. The number of rotatable bonds is 4. The average Bonchev–Trinajstić information content (AvgIpc) is 2.89. The minimum absolute atomic E-state index is 0.816. The van der Waals surface area contributed by atoms with Gasteiger partial charge < -0.3 is 0 Å². The molecule has 0 amide bonds. The Kier molecular flexibility index (Phi) is 3.91. The lowest BCUT2D eigenvalue weighted by molar-refractivity contribution is -0.722. The molecule has 0 spiro atoms. The summed E-state index contributed by atoms with van der Waals surface area (Å²) in [5.41, 5.74) is 4.72. The van der Waals surface area contributed by atoms with Crippen molar-refractivity contribution in [3.8, 4) is 0 Å². The van der Waals surface area contributed by atoms with Crippen molar-refractivity contribution >= 4 is 29.5 Å². The van der Waals surface area contributed by atoms with Gasteiger partial charge >= 0.3 is 0 Å². The van der Waals surface area contributed by atoms with Gasteiger partial charge in [0.25, 0.3) is 5.16 Å². The lowest BCUT2D eigenvalue weighted by Gasteiger charge is -2.09. The fourth-order valence-electron chi connectivity index (χ4n) is 1.92. The third kappa shape index (κ3) is 2.86. The van der Waals surface area contributed by atoms with E-state index < -0.39 is 0 Å². The van der Waals surface area contributed by atoms with Crippen molar-refractivity contribution in [1.29, 1.82) is 0 Å². The van der Waals surface area contributed by atoms with Gasteiger partial charge in [0.1, 0.15) is 6.20 Å². The molecule has 4 nitrogen and oxygen atoms in total. The summed E-state index contributed by atoms with van der Waals surface area (Å²) in [6.07, 6.45) is 3.89. The number of hydrogen-bond donors (Lipinski definition) is 1. The fourth-order valence-corrected chi connectivity index (χ4v) is 3.32. The van der Waals surface area contributed by atoms with Crippen LogP contribution in [-0.4, -0.2) is 15.7 Å². The van der Waals surface area contributed by atoms with Crippen molar-refractivity contribution in [2.75, 3.05) is 11.7 Å². The normalized spacial score (nSPS) is 14.2. The molecule has 0 aliphatic carbocycles. The first-order valence-corrected chi connectivity index (χ1v) is 8.17. The Balaban J connectivity index is 1.64. The number of thioether (sulfide) groups is 1. The van der Waals surface area contributed by atoms with Gasteiger partial charge in [0.15, 0.2) is 6.67 Å². The van der Waals surface area contributed by atoms with E-state index in [9.17, 15) is 0 Å². The minimum Gasteiger partial charge on any atom is -0.217 e. The Morgan fingerprint density at radius 1 is 1.32 bits per heavy atom. The first kappa shape index (κ1) is 12.8. The molecule has 1 aliphatic heterocycles. The van der Waals surface area contributed by atoms with Crippen LogP contribution >= 0.6 is 23.7 Å². The zero-order valence-electron chi connectivity index (χ0n) is 10.6. The maximum atomic E-state index is 4.37. The van der Waals surface area contributed by atoms with Crippen LogP contribution in [0.15, 0.2) is 47.8 Å². The van der Waals surface area contributed by atoms with E-state index in [0.29, 0.717) is 0 Å². The monoisotopic (exact) mass is 291 g/mol. The molecule has 1 aromatic heterocycles. The summed E-state index contributed by atoms with van der Waals surface area (Å²) in [7, 11) is 0. The molecule has 3 rings (SSSR count). The van der Waals surface area contributed by atoms with Crippen LogP contribution < -0.4 is 9.99 Å². The SMILES string of the molecule is CSc1nccc2[n+]1CN(SCc1ccccc1)N2. The lowest BCUT2D eigenvalue weighted by atomic mass is 10.2. The molecule has 19 heavy (non-hydrogen) atoms. The largest absolute Gasteiger partial charge is 0.299 e. The van der Waals surface area contributed by atoms with Crippen LogP contribution in [-0.2, 0) is 12.4 Å². The van der Waals surface area contributed by atoms with Gasteiger partial charge in [-0.05, 0) is 23.8 Å². The maximum absolute atomic E-state index is 4.37. The molecule has 2 aromatic rings. The summed E-state index contributed by atoms with van der Waals surface area (Å²) >= 11 is 3.44. The molecule has 0 radical (unpaired) electrons. The van der Waals surface area contributed by atoms with Crippen LogP contribution in [0.3, 0.4) is 0 Å². The molecule has 0 fully saturated rings. The topological polar surface area (TPSA) is 32.0 Å². The molecule has 0 saturated carbocycles. The number of anilines is 1. The summed E-state index contributed by atoms with van der Waals surface area (Å²) in [5, 5.41) is 1.04. The van der Waals surface area contributed by atoms with Gasteiger partial charge in [-0.2, -0.15) is 0 Å². The summed E-state index contributed by atoms with van der Waals surface area (Å²) in [6, 6.07) is 12.5. The summed E-state index contributed by atoms with van der Waals surface area (Å²) in [4.78, 5) is 4.37. The standard InChI is InChI=1S/C13H14N4S2/c1-18-13-14-8-7-12-15-17(10-16(12)13)19-9-11-5-3-2-4-6-11/h2-8H,9-10H2,1H3/p+1.